The van der Waals surface area contributed by atoms with Gasteiger partial charge in [0.15, 0.2) is 0 Å². The fraction of sp³-hybridized carbons (Fsp3) is 0.917. The number of fused-ring (bicyclic) bond motifs is 2. The normalized spacial score (nSPS) is 74.4. The van der Waals surface area contributed by atoms with Crippen LogP contribution in [0.1, 0.15) is 12.8 Å². The van der Waals surface area contributed by atoms with Gasteiger partial charge >= 0.3 is 5.97 Å². The highest BCUT2D eigenvalue weighted by Crippen LogP contribution is 2.84. The molecule has 5 aliphatic carbocycles. The Morgan fingerprint density at radius 3 is 2.21 bits per heavy atom. The maximum atomic E-state index is 11.3. The summed E-state index contributed by atoms with van der Waals surface area (Å²) in [6, 6.07) is 0. The van der Waals surface area contributed by atoms with E-state index < -0.39 is 5.97 Å². The van der Waals surface area contributed by atoms with E-state index in [1.54, 1.807) is 0 Å². The van der Waals surface area contributed by atoms with Gasteiger partial charge in [-0.15, -0.1) is 0 Å². The summed E-state index contributed by atoms with van der Waals surface area (Å²) in [5.74, 6) is 6.22. The molecule has 9 atom stereocenters. The molecule has 2 bridgehead atoms. The maximum Gasteiger partial charge on any atom is 0.307 e. The third-order valence-electron chi connectivity index (χ3n) is 6.61. The van der Waals surface area contributed by atoms with Crippen molar-refractivity contribution in [3.8, 4) is 0 Å². The molecule has 0 radical (unpaired) electrons. The van der Waals surface area contributed by atoms with Crippen LogP contribution in [-0.4, -0.2) is 11.1 Å². The van der Waals surface area contributed by atoms with E-state index in [1.807, 2.05) is 0 Å². The van der Waals surface area contributed by atoms with E-state index in [0.29, 0.717) is 11.8 Å². The highest BCUT2D eigenvalue weighted by Gasteiger charge is 2.81. The molecule has 14 heavy (non-hydrogen) atoms. The second-order valence-electron chi connectivity index (χ2n) is 6.30. The average Bonchev–Trinajstić information content (AvgIpc) is 2.60. The van der Waals surface area contributed by atoms with Crippen molar-refractivity contribution in [1.82, 2.24) is 0 Å². The summed E-state index contributed by atoms with van der Waals surface area (Å²) in [6.07, 6.45) is 2.81. The molecule has 5 aliphatic rings. The molecule has 0 amide bonds. The third kappa shape index (κ3) is 0.409. The van der Waals surface area contributed by atoms with Gasteiger partial charge in [-0.05, 0) is 60.2 Å². The van der Waals surface area contributed by atoms with Crippen molar-refractivity contribution in [3.05, 3.63) is 0 Å². The number of carboxylic acid groups (broad SMARTS) is 1. The molecule has 2 heteroatoms. The first-order chi connectivity index (χ1) is 6.79. The van der Waals surface area contributed by atoms with E-state index in [1.165, 1.54) is 12.8 Å². The van der Waals surface area contributed by atoms with Crippen molar-refractivity contribution in [1.29, 1.82) is 0 Å². The molecule has 0 spiro atoms. The van der Waals surface area contributed by atoms with Crippen LogP contribution >= 0.6 is 0 Å². The Morgan fingerprint density at radius 2 is 1.50 bits per heavy atom. The van der Waals surface area contributed by atoms with Gasteiger partial charge < -0.3 is 5.11 Å². The molecule has 1 N–H and O–H groups in total. The Bertz CT molecular complexity index is 357. The minimum absolute atomic E-state index is 0.0810. The standard InChI is InChI=1S/C12H14O2/c13-12(14)11-8-4-2-5-7-3(4)1-6(8)9(7)10(5)11/h3-11H,1-2H2,(H,13,14)/t3-,4+,5-,6+,7-,8-,9+,10+,11+/m1/s1. The molecule has 0 unspecified atom stereocenters. The Balaban J connectivity index is 1.75. The first-order valence-electron chi connectivity index (χ1n) is 6.02. The molecule has 5 fully saturated rings. The summed E-state index contributed by atoms with van der Waals surface area (Å²) in [5, 5.41) is 9.33. The molecule has 0 heterocycles. The first kappa shape index (κ1) is 6.86. The smallest absolute Gasteiger partial charge is 0.307 e. The lowest BCUT2D eigenvalue weighted by Gasteiger charge is -2.46. The van der Waals surface area contributed by atoms with E-state index in [0.717, 1.165) is 35.5 Å². The zero-order valence-corrected chi connectivity index (χ0v) is 7.97. The zero-order valence-electron chi connectivity index (χ0n) is 7.97. The van der Waals surface area contributed by atoms with Crippen molar-refractivity contribution < 1.29 is 9.90 Å². The van der Waals surface area contributed by atoms with Gasteiger partial charge in [-0.3, -0.25) is 4.79 Å². The Labute approximate surface area is 82.7 Å². The molecule has 5 rings (SSSR count). The van der Waals surface area contributed by atoms with E-state index in [4.69, 9.17) is 0 Å². The SMILES string of the molecule is O=C(O)[C@H]1[C@@H]2[C@H]3C[C@@H]4[C@H]5[C@@H]3C[C@@H]2[C@@H]5[C@H]41. The summed E-state index contributed by atoms with van der Waals surface area (Å²) < 4.78 is 0. The topological polar surface area (TPSA) is 37.3 Å². The van der Waals surface area contributed by atoms with Crippen LogP contribution in [0.25, 0.3) is 0 Å². The van der Waals surface area contributed by atoms with Crippen molar-refractivity contribution >= 4 is 5.97 Å². The second kappa shape index (κ2) is 1.66. The van der Waals surface area contributed by atoms with Crippen molar-refractivity contribution in [3.63, 3.8) is 0 Å². The second-order valence-corrected chi connectivity index (χ2v) is 6.30. The van der Waals surface area contributed by atoms with Crippen LogP contribution in [0.15, 0.2) is 0 Å². The molecule has 0 aromatic carbocycles. The van der Waals surface area contributed by atoms with Crippen LogP contribution in [0.2, 0.25) is 0 Å². The lowest BCUT2D eigenvalue weighted by molar-refractivity contribution is -0.150. The molecule has 74 valence electrons. The molecule has 0 aliphatic heterocycles. The average molecular weight is 190 g/mol. The molecule has 0 aromatic heterocycles. The molecule has 0 saturated heterocycles. The largest absolute Gasteiger partial charge is 0.481 e. The minimum Gasteiger partial charge on any atom is -0.481 e. The number of rotatable bonds is 1. The van der Waals surface area contributed by atoms with Crippen LogP contribution in [0.5, 0.6) is 0 Å². The van der Waals surface area contributed by atoms with Crippen LogP contribution in [0.4, 0.5) is 0 Å². The van der Waals surface area contributed by atoms with Gasteiger partial charge in [0, 0.05) is 0 Å². The van der Waals surface area contributed by atoms with Crippen LogP contribution < -0.4 is 0 Å². The van der Waals surface area contributed by atoms with Gasteiger partial charge in [-0.1, -0.05) is 0 Å². The first-order valence-corrected chi connectivity index (χ1v) is 6.02. The van der Waals surface area contributed by atoms with Gasteiger partial charge in [0.25, 0.3) is 0 Å². The summed E-state index contributed by atoms with van der Waals surface area (Å²) in [7, 11) is 0. The van der Waals surface area contributed by atoms with E-state index in [2.05, 4.69) is 0 Å². The van der Waals surface area contributed by atoms with Crippen LogP contribution in [0.3, 0.4) is 0 Å². The van der Waals surface area contributed by atoms with E-state index >= 15 is 0 Å². The fourth-order valence-corrected chi connectivity index (χ4v) is 6.80. The van der Waals surface area contributed by atoms with Crippen molar-refractivity contribution in [2.45, 2.75) is 12.8 Å². The predicted molar refractivity (Wildman–Crippen MR) is 48.3 cm³/mol. The van der Waals surface area contributed by atoms with E-state index in [-0.39, 0.29) is 5.92 Å². The van der Waals surface area contributed by atoms with Gasteiger partial charge in [-0.2, -0.15) is 0 Å². The molecular formula is C12H14O2. The summed E-state index contributed by atoms with van der Waals surface area (Å²) >= 11 is 0. The molecule has 2 nitrogen and oxygen atoms in total. The zero-order chi connectivity index (χ0) is 9.19. The van der Waals surface area contributed by atoms with Crippen molar-refractivity contribution in [2.24, 2.45) is 53.3 Å². The van der Waals surface area contributed by atoms with Gasteiger partial charge in [0.05, 0.1) is 5.92 Å². The summed E-state index contributed by atoms with van der Waals surface area (Å²) in [6.45, 7) is 0. The minimum atomic E-state index is -0.469. The predicted octanol–water partition coefficient (Wildman–Crippen LogP) is 1.47. The summed E-state index contributed by atoms with van der Waals surface area (Å²) in [4.78, 5) is 11.3. The third-order valence-corrected chi connectivity index (χ3v) is 6.61. The van der Waals surface area contributed by atoms with Gasteiger partial charge in [0.1, 0.15) is 0 Å². The summed E-state index contributed by atoms with van der Waals surface area (Å²) in [5.41, 5.74) is 0. The monoisotopic (exact) mass is 190 g/mol. The van der Waals surface area contributed by atoms with Crippen molar-refractivity contribution in [2.75, 3.05) is 0 Å². The quantitative estimate of drug-likeness (QED) is 0.679. The van der Waals surface area contributed by atoms with Crippen LogP contribution in [-0.2, 0) is 4.79 Å². The molecular weight excluding hydrogens is 176 g/mol. The Kier molecular flexibility index (Phi) is 0.812. The van der Waals surface area contributed by atoms with E-state index in [9.17, 15) is 9.90 Å². The lowest BCUT2D eigenvalue weighted by Crippen LogP contribution is -2.45. The maximum absolute atomic E-state index is 11.3. The number of hydrogen-bond donors (Lipinski definition) is 1. The number of aliphatic carboxylic acids is 1. The number of hydrogen-bond acceptors (Lipinski definition) is 1. The number of carboxylic acids is 1. The van der Waals surface area contributed by atoms with Gasteiger partial charge in [0.2, 0.25) is 0 Å². The fourth-order valence-electron chi connectivity index (χ4n) is 6.80. The molecule has 5 saturated carbocycles. The van der Waals surface area contributed by atoms with Gasteiger partial charge in [-0.25, -0.2) is 0 Å². The Morgan fingerprint density at radius 1 is 0.857 bits per heavy atom. The van der Waals surface area contributed by atoms with Crippen LogP contribution in [0, 0.1) is 53.3 Å². The Hall–Kier alpha value is -0.530. The lowest BCUT2D eigenvalue weighted by atomic mass is 9.57. The highest BCUT2D eigenvalue weighted by molar-refractivity contribution is 5.73. The highest BCUT2D eigenvalue weighted by atomic mass is 16.4. The molecule has 0 aromatic rings. The number of carbonyl (C=O) groups is 1.